The monoisotopic (exact) mass is 270 g/mol. The summed E-state index contributed by atoms with van der Waals surface area (Å²) in [5.41, 5.74) is -1.83. The molecule has 0 aromatic carbocycles. The molecule has 1 rings (SSSR count). The van der Waals surface area contributed by atoms with Crippen LogP contribution in [-0.2, 0) is 9.59 Å². The van der Waals surface area contributed by atoms with Crippen molar-refractivity contribution in [2.45, 2.75) is 59.0 Å². The van der Waals surface area contributed by atoms with Crippen LogP contribution in [0.15, 0.2) is 0 Å². The van der Waals surface area contributed by atoms with Crippen molar-refractivity contribution in [1.82, 2.24) is 10.6 Å². The van der Waals surface area contributed by atoms with Crippen molar-refractivity contribution in [2.24, 2.45) is 11.3 Å². The zero-order chi connectivity index (χ0) is 14.8. The van der Waals surface area contributed by atoms with E-state index in [4.69, 9.17) is 0 Å². The minimum absolute atomic E-state index is 0.106. The highest BCUT2D eigenvalue weighted by atomic mass is 16.4. The van der Waals surface area contributed by atoms with Gasteiger partial charge in [0.25, 0.3) is 0 Å². The molecule has 19 heavy (non-hydrogen) atoms. The zero-order valence-electron chi connectivity index (χ0n) is 12.5. The lowest BCUT2D eigenvalue weighted by atomic mass is 9.74. The molecule has 1 fully saturated rings. The maximum atomic E-state index is 12.3. The van der Waals surface area contributed by atoms with Gasteiger partial charge >= 0.3 is 5.97 Å². The molecule has 0 spiro atoms. The van der Waals surface area contributed by atoms with Crippen molar-refractivity contribution in [1.29, 1.82) is 0 Å². The maximum Gasteiger partial charge on any atom is 0.311 e. The molecule has 5 nitrogen and oxygen atoms in total. The highest BCUT2D eigenvalue weighted by Gasteiger charge is 2.45. The number of nitrogens with one attached hydrogen (secondary N) is 2. The average Bonchev–Trinajstić information content (AvgIpc) is 2.27. The summed E-state index contributed by atoms with van der Waals surface area (Å²) in [6.45, 7) is 9.74. The second-order valence-corrected chi connectivity index (χ2v) is 6.68. The van der Waals surface area contributed by atoms with Crippen molar-refractivity contribution in [3.05, 3.63) is 0 Å². The van der Waals surface area contributed by atoms with Gasteiger partial charge in [-0.15, -0.1) is 0 Å². The first kappa shape index (κ1) is 16.0. The number of hydrogen-bond acceptors (Lipinski definition) is 3. The van der Waals surface area contributed by atoms with Crippen LogP contribution >= 0.6 is 0 Å². The SMILES string of the molecule is CC1CCNC(C(=O)NC(C)(C)C(C)(C)C(=O)O)C1. The summed E-state index contributed by atoms with van der Waals surface area (Å²) in [4.78, 5) is 23.6. The smallest absolute Gasteiger partial charge is 0.311 e. The molecule has 1 aliphatic rings. The standard InChI is InChI=1S/C14H26N2O3/c1-9-6-7-15-10(8-9)11(17)16-14(4,5)13(2,3)12(18)19/h9-10,15H,6-8H2,1-5H3,(H,16,17)(H,18,19). The third-order valence-corrected chi connectivity index (χ3v) is 4.52. The Balaban J connectivity index is 2.72. The highest BCUT2D eigenvalue weighted by molar-refractivity contribution is 5.84. The van der Waals surface area contributed by atoms with Gasteiger partial charge < -0.3 is 15.7 Å². The third-order valence-electron chi connectivity index (χ3n) is 4.52. The first-order chi connectivity index (χ1) is 8.58. The quantitative estimate of drug-likeness (QED) is 0.721. The minimum Gasteiger partial charge on any atom is -0.481 e. The van der Waals surface area contributed by atoms with Gasteiger partial charge in [0.05, 0.1) is 17.0 Å². The summed E-state index contributed by atoms with van der Waals surface area (Å²) < 4.78 is 0. The Morgan fingerprint density at radius 2 is 1.84 bits per heavy atom. The molecule has 3 N–H and O–H groups in total. The molecule has 0 radical (unpaired) electrons. The van der Waals surface area contributed by atoms with Crippen LogP contribution in [0.25, 0.3) is 0 Å². The van der Waals surface area contributed by atoms with Crippen LogP contribution < -0.4 is 10.6 Å². The van der Waals surface area contributed by atoms with Crippen molar-refractivity contribution in [3.63, 3.8) is 0 Å². The van der Waals surface area contributed by atoms with Gasteiger partial charge in [-0.2, -0.15) is 0 Å². The van der Waals surface area contributed by atoms with Gasteiger partial charge in [-0.3, -0.25) is 9.59 Å². The maximum absolute atomic E-state index is 12.3. The van der Waals surface area contributed by atoms with Crippen molar-refractivity contribution in [2.75, 3.05) is 6.54 Å². The molecule has 5 heteroatoms. The van der Waals surface area contributed by atoms with E-state index in [1.807, 2.05) is 0 Å². The van der Waals surface area contributed by atoms with E-state index in [1.165, 1.54) is 0 Å². The summed E-state index contributed by atoms with van der Waals surface area (Å²) in [5.74, 6) is -0.499. The van der Waals surface area contributed by atoms with Gasteiger partial charge in [-0.25, -0.2) is 0 Å². The fourth-order valence-electron chi connectivity index (χ4n) is 2.13. The number of amides is 1. The summed E-state index contributed by atoms with van der Waals surface area (Å²) >= 11 is 0. The Morgan fingerprint density at radius 3 is 2.32 bits per heavy atom. The average molecular weight is 270 g/mol. The fraction of sp³-hybridized carbons (Fsp3) is 0.857. The van der Waals surface area contributed by atoms with Gasteiger partial charge in [0.1, 0.15) is 0 Å². The van der Waals surface area contributed by atoms with Crippen LogP contribution in [0, 0.1) is 11.3 Å². The van der Waals surface area contributed by atoms with Gasteiger partial charge in [0.2, 0.25) is 5.91 Å². The first-order valence-corrected chi connectivity index (χ1v) is 6.86. The molecule has 1 saturated heterocycles. The van der Waals surface area contributed by atoms with Crippen molar-refractivity contribution in [3.8, 4) is 0 Å². The van der Waals surface area contributed by atoms with E-state index in [2.05, 4.69) is 17.6 Å². The van der Waals surface area contributed by atoms with E-state index in [0.717, 1.165) is 19.4 Å². The predicted octanol–water partition coefficient (Wildman–Crippen LogP) is 1.38. The number of piperidine rings is 1. The molecule has 0 aromatic rings. The van der Waals surface area contributed by atoms with Crippen LogP contribution in [0.5, 0.6) is 0 Å². The molecule has 2 atom stereocenters. The Bertz CT molecular complexity index is 364. The van der Waals surface area contributed by atoms with E-state index in [0.29, 0.717) is 5.92 Å². The predicted molar refractivity (Wildman–Crippen MR) is 73.8 cm³/mol. The minimum atomic E-state index is -1.02. The topological polar surface area (TPSA) is 78.4 Å². The number of carbonyl (C=O) groups is 2. The van der Waals surface area contributed by atoms with E-state index < -0.39 is 16.9 Å². The molecule has 1 amide bonds. The van der Waals surface area contributed by atoms with E-state index in [1.54, 1.807) is 27.7 Å². The summed E-state index contributed by atoms with van der Waals surface area (Å²) in [7, 11) is 0. The lowest BCUT2D eigenvalue weighted by molar-refractivity contribution is -0.152. The largest absolute Gasteiger partial charge is 0.481 e. The molecular formula is C14H26N2O3. The van der Waals surface area contributed by atoms with Gasteiger partial charge in [0, 0.05) is 0 Å². The molecule has 110 valence electrons. The molecule has 0 saturated carbocycles. The molecule has 0 aliphatic carbocycles. The summed E-state index contributed by atoms with van der Waals surface area (Å²) in [5, 5.41) is 15.4. The molecule has 1 aliphatic heterocycles. The lowest BCUT2D eigenvalue weighted by Gasteiger charge is -2.40. The third kappa shape index (κ3) is 3.47. The highest BCUT2D eigenvalue weighted by Crippen LogP contribution is 2.31. The van der Waals surface area contributed by atoms with Crippen molar-refractivity contribution >= 4 is 11.9 Å². The number of hydrogen-bond donors (Lipinski definition) is 3. The van der Waals surface area contributed by atoms with Gasteiger partial charge in [-0.05, 0) is 53.0 Å². The van der Waals surface area contributed by atoms with Crippen LogP contribution in [-0.4, -0.2) is 35.1 Å². The molecule has 2 unspecified atom stereocenters. The van der Waals surface area contributed by atoms with E-state index >= 15 is 0 Å². The number of rotatable bonds is 4. The molecule has 0 bridgehead atoms. The Morgan fingerprint density at radius 1 is 1.26 bits per heavy atom. The summed E-state index contributed by atoms with van der Waals surface area (Å²) in [6.07, 6.45) is 1.88. The second kappa shape index (κ2) is 5.49. The molecule has 0 aromatic heterocycles. The number of carbonyl (C=O) groups excluding carboxylic acids is 1. The number of carboxylic acid groups (broad SMARTS) is 1. The summed E-state index contributed by atoms with van der Waals surface area (Å²) in [6, 6.07) is -0.215. The zero-order valence-corrected chi connectivity index (χ0v) is 12.5. The molecule has 1 heterocycles. The Kier molecular flexibility index (Phi) is 4.61. The van der Waals surface area contributed by atoms with Gasteiger partial charge in [0.15, 0.2) is 0 Å². The Labute approximate surface area is 115 Å². The van der Waals surface area contributed by atoms with Crippen LogP contribution in [0.3, 0.4) is 0 Å². The van der Waals surface area contributed by atoms with E-state index in [-0.39, 0.29) is 11.9 Å². The normalized spacial score (nSPS) is 24.9. The van der Waals surface area contributed by atoms with Crippen LogP contribution in [0.4, 0.5) is 0 Å². The first-order valence-electron chi connectivity index (χ1n) is 6.86. The van der Waals surface area contributed by atoms with Crippen molar-refractivity contribution < 1.29 is 14.7 Å². The lowest BCUT2D eigenvalue weighted by Crippen LogP contribution is -2.61. The molecular weight excluding hydrogens is 244 g/mol. The number of aliphatic carboxylic acids is 1. The Hall–Kier alpha value is -1.10. The fourth-order valence-corrected chi connectivity index (χ4v) is 2.13. The second-order valence-electron chi connectivity index (χ2n) is 6.68. The van der Waals surface area contributed by atoms with E-state index in [9.17, 15) is 14.7 Å². The van der Waals surface area contributed by atoms with Crippen LogP contribution in [0.1, 0.15) is 47.5 Å². The van der Waals surface area contributed by atoms with Crippen LogP contribution in [0.2, 0.25) is 0 Å². The number of carboxylic acids is 1. The van der Waals surface area contributed by atoms with Gasteiger partial charge in [-0.1, -0.05) is 6.92 Å².